The zero-order valence-corrected chi connectivity index (χ0v) is 13.1. The molecule has 2 aromatic carbocycles. The molecule has 2 aromatic rings. The lowest BCUT2D eigenvalue weighted by atomic mass is 10.2. The molecular formula is C17H19N3O3. The van der Waals surface area contributed by atoms with Crippen LogP contribution in [0.15, 0.2) is 53.6 Å². The molecule has 0 atom stereocenters. The summed E-state index contributed by atoms with van der Waals surface area (Å²) in [6.07, 6.45) is 1.54. The van der Waals surface area contributed by atoms with E-state index >= 15 is 0 Å². The van der Waals surface area contributed by atoms with Crippen LogP contribution in [0, 0.1) is 0 Å². The molecule has 0 aliphatic heterocycles. The average Bonchev–Trinajstić information content (AvgIpc) is 2.60. The predicted molar refractivity (Wildman–Crippen MR) is 90.2 cm³/mol. The molecule has 120 valence electrons. The van der Waals surface area contributed by atoms with Gasteiger partial charge >= 0.3 is 0 Å². The zero-order valence-electron chi connectivity index (χ0n) is 13.1. The Morgan fingerprint density at radius 2 is 1.83 bits per heavy atom. The maximum Gasteiger partial charge on any atom is 0.259 e. The van der Waals surface area contributed by atoms with Crippen LogP contribution in [0.2, 0.25) is 0 Å². The van der Waals surface area contributed by atoms with Crippen LogP contribution >= 0.6 is 0 Å². The zero-order chi connectivity index (χ0) is 16.5. The fourth-order valence-electron chi connectivity index (χ4n) is 1.89. The number of carbonyl (C=O) groups is 1. The topological polar surface area (TPSA) is 72.0 Å². The number of nitrogens with one attached hydrogen (secondary N) is 2. The summed E-state index contributed by atoms with van der Waals surface area (Å²) < 4.78 is 10.4. The summed E-state index contributed by atoms with van der Waals surface area (Å²) >= 11 is 0. The van der Waals surface area contributed by atoms with Crippen LogP contribution in [0.5, 0.6) is 11.5 Å². The number of anilines is 1. The fourth-order valence-corrected chi connectivity index (χ4v) is 1.89. The molecule has 1 amide bonds. The van der Waals surface area contributed by atoms with Crippen molar-refractivity contribution in [3.63, 3.8) is 0 Å². The molecule has 0 fully saturated rings. The number of ether oxygens (including phenoxy) is 2. The quantitative estimate of drug-likeness (QED) is 0.607. The van der Waals surface area contributed by atoms with Crippen molar-refractivity contribution >= 4 is 17.8 Å². The normalized spacial score (nSPS) is 10.3. The lowest BCUT2D eigenvalue weighted by Gasteiger charge is -2.07. The molecular weight excluding hydrogens is 294 g/mol. The van der Waals surface area contributed by atoms with Crippen molar-refractivity contribution in [3.05, 3.63) is 54.1 Å². The first-order valence-corrected chi connectivity index (χ1v) is 7.06. The number of rotatable bonds is 7. The summed E-state index contributed by atoms with van der Waals surface area (Å²) in [4.78, 5) is 11.7. The summed E-state index contributed by atoms with van der Waals surface area (Å²) in [5.41, 5.74) is 4.14. The fraction of sp³-hybridized carbons (Fsp3) is 0.176. The maximum absolute atomic E-state index is 11.7. The van der Waals surface area contributed by atoms with Gasteiger partial charge in [0.05, 0.1) is 27.0 Å². The molecule has 23 heavy (non-hydrogen) atoms. The highest BCUT2D eigenvalue weighted by Crippen LogP contribution is 2.26. The minimum atomic E-state index is -0.231. The van der Waals surface area contributed by atoms with Crippen molar-refractivity contribution in [1.82, 2.24) is 5.43 Å². The summed E-state index contributed by atoms with van der Waals surface area (Å²) in [5, 5.41) is 6.93. The van der Waals surface area contributed by atoms with Crippen LogP contribution in [0.3, 0.4) is 0 Å². The highest BCUT2D eigenvalue weighted by molar-refractivity contribution is 5.84. The van der Waals surface area contributed by atoms with Gasteiger partial charge in [0, 0.05) is 5.69 Å². The molecule has 0 bridgehead atoms. The Morgan fingerprint density at radius 3 is 2.52 bits per heavy atom. The lowest BCUT2D eigenvalue weighted by Crippen LogP contribution is -2.25. The number of carbonyl (C=O) groups excluding carboxylic acids is 1. The molecule has 0 saturated carbocycles. The molecule has 0 aliphatic carbocycles. The van der Waals surface area contributed by atoms with E-state index in [1.54, 1.807) is 32.6 Å². The second kappa shape index (κ2) is 8.43. The van der Waals surface area contributed by atoms with Crippen molar-refractivity contribution in [2.45, 2.75) is 0 Å². The molecule has 0 radical (unpaired) electrons. The first-order chi connectivity index (χ1) is 11.2. The van der Waals surface area contributed by atoms with Crippen LogP contribution in [0.1, 0.15) is 5.56 Å². The van der Waals surface area contributed by atoms with Crippen LogP contribution < -0.4 is 20.2 Å². The van der Waals surface area contributed by atoms with E-state index in [9.17, 15) is 4.79 Å². The minimum Gasteiger partial charge on any atom is -0.493 e. The number of para-hydroxylation sites is 1. The molecule has 2 N–H and O–H groups in total. The number of hydrogen-bond acceptors (Lipinski definition) is 5. The van der Waals surface area contributed by atoms with Gasteiger partial charge in [-0.1, -0.05) is 18.2 Å². The van der Waals surface area contributed by atoms with E-state index in [0.717, 1.165) is 11.3 Å². The molecule has 0 aliphatic rings. The minimum absolute atomic E-state index is 0.146. The van der Waals surface area contributed by atoms with E-state index in [0.29, 0.717) is 11.5 Å². The smallest absolute Gasteiger partial charge is 0.259 e. The van der Waals surface area contributed by atoms with E-state index in [4.69, 9.17) is 9.47 Å². The summed E-state index contributed by atoms with van der Waals surface area (Å²) in [7, 11) is 3.14. The number of nitrogens with zero attached hydrogens (tertiary/aromatic N) is 1. The van der Waals surface area contributed by atoms with Gasteiger partial charge in [0.2, 0.25) is 0 Å². The molecule has 6 nitrogen and oxygen atoms in total. The van der Waals surface area contributed by atoms with Crippen molar-refractivity contribution < 1.29 is 14.3 Å². The third-order valence-corrected chi connectivity index (χ3v) is 3.04. The Bertz CT molecular complexity index is 672. The predicted octanol–water partition coefficient (Wildman–Crippen LogP) is 2.27. The number of hydrazone groups is 1. The Hall–Kier alpha value is -3.02. The Balaban J connectivity index is 1.85. The summed E-state index contributed by atoms with van der Waals surface area (Å²) in [5.74, 6) is 1.01. The second-order valence-corrected chi connectivity index (χ2v) is 4.63. The van der Waals surface area contributed by atoms with Crippen molar-refractivity contribution in [2.75, 3.05) is 26.1 Å². The lowest BCUT2D eigenvalue weighted by molar-refractivity contribution is -0.119. The van der Waals surface area contributed by atoms with E-state index in [1.807, 2.05) is 36.4 Å². The highest BCUT2D eigenvalue weighted by atomic mass is 16.5. The van der Waals surface area contributed by atoms with Crippen molar-refractivity contribution in [3.8, 4) is 11.5 Å². The summed E-state index contributed by atoms with van der Waals surface area (Å²) in [6, 6.07) is 14.9. The monoisotopic (exact) mass is 313 g/mol. The first kappa shape index (κ1) is 16.4. The maximum atomic E-state index is 11.7. The molecule has 0 aromatic heterocycles. The Labute approximate surface area is 135 Å². The van der Waals surface area contributed by atoms with E-state index < -0.39 is 0 Å². The number of benzene rings is 2. The van der Waals surface area contributed by atoms with Crippen LogP contribution in [-0.2, 0) is 4.79 Å². The Morgan fingerprint density at radius 1 is 1.09 bits per heavy atom. The van der Waals surface area contributed by atoms with Gasteiger partial charge in [0.25, 0.3) is 5.91 Å². The SMILES string of the molecule is COc1ccc(/C=N/NC(=O)CNc2ccccc2)cc1OC. The molecule has 0 saturated heterocycles. The van der Waals surface area contributed by atoms with Gasteiger partial charge in [-0.25, -0.2) is 5.43 Å². The Kier molecular flexibility index (Phi) is 5.99. The second-order valence-electron chi connectivity index (χ2n) is 4.63. The van der Waals surface area contributed by atoms with Gasteiger partial charge in [-0.05, 0) is 35.9 Å². The van der Waals surface area contributed by atoms with Crippen molar-refractivity contribution in [2.24, 2.45) is 5.10 Å². The van der Waals surface area contributed by atoms with Gasteiger partial charge in [0.15, 0.2) is 11.5 Å². The third-order valence-electron chi connectivity index (χ3n) is 3.04. The first-order valence-electron chi connectivity index (χ1n) is 7.06. The molecule has 0 spiro atoms. The van der Waals surface area contributed by atoms with Gasteiger partial charge in [-0.3, -0.25) is 4.79 Å². The van der Waals surface area contributed by atoms with Crippen LogP contribution in [-0.4, -0.2) is 32.9 Å². The number of hydrogen-bond donors (Lipinski definition) is 2. The number of methoxy groups -OCH3 is 2. The third kappa shape index (κ3) is 5.03. The van der Waals surface area contributed by atoms with E-state index in [2.05, 4.69) is 15.8 Å². The molecule has 0 unspecified atom stereocenters. The number of amides is 1. The van der Waals surface area contributed by atoms with Gasteiger partial charge < -0.3 is 14.8 Å². The van der Waals surface area contributed by atoms with Crippen LogP contribution in [0.4, 0.5) is 5.69 Å². The van der Waals surface area contributed by atoms with Gasteiger partial charge in [-0.15, -0.1) is 0 Å². The summed E-state index contributed by atoms with van der Waals surface area (Å²) in [6.45, 7) is 0.146. The molecule has 0 heterocycles. The van der Waals surface area contributed by atoms with E-state index in [1.165, 1.54) is 0 Å². The highest BCUT2D eigenvalue weighted by Gasteiger charge is 2.03. The average molecular weight is 313 g/mol. The van der Waals surface area contributed by atoms with Crippen LogP contribution in [0.25, 0.3) is 0 Å². The molecule has 6 heteroatoms. The van der Waals surface area contributed by atoms with Crippen molar-refractivity contribution in [1.29, 1.82) is 0 Å². The largest absolute Gasteiger partial charge is 0.493 e. The van der Waals surface area contributed by atoms with Gasteiger partial charge in [-0.2, -0.15) is 5.10 Å². The van der Waals surface area contributed by atoms with Gasteiger partial charge in [0.1, 0.15) is 0 Å². The molecule has 2 rings (SSSR count). The van der Waals surface area contributed by atoms with E-state index in [-0.39, 0.29) is 12.5 Å². The standard InChI is InChI=1S/C17H19N3O3/c1-22-15-9-8-13(10-16(15)23-2)11-19-20-17(21)12-18-14-6-4-3-5-7-14/h3-11,18H,12H2,1-2H3,(H,20,21)/b19-11+.